The third-order valence-corrected chi connectivity index (χ3v) is 4.86. The molecular formula is C23H23ClN6O. The fraction of sp³-hybridized carbons (Fsp3) is 0.174. The Balaban J connectivity index is 1.61. The minimum absolute atomic E-state index is 0.188. The minimum Gasteiger partial charge on any atom is -0.398 e. The van der Waals surface area contributed by atoms with Gasteiger partial charge >= 0.3 is 0 Å². The predicted octanol–water partition coefficient (Wildman–Crippen LogP) is 5.18. The molecule has 4 aromatic rings. The first-order valence-corrected chi connectivity index (χ1v) is 10.3. The minimum atomic E-state index is 0.188. The number of benzene rings is 2. The Bertz CT molecular complexity index is 1230. The van der Waals surface area contributed by atoms with Gasteiger partial charge in [0.05, 0.1) is 23.5 Å². The van der Waals surface area contributed by atoms with E-state index in [1.807, 2.05) is 54.6 Å². The SMILES string of the molecule is CCCOCc1cc(Nc2ccc3nc(-c4cccc(Cl)c4)cc(N)c3c2)nc(N)n1. The van der Waals surface area contributed by atoms with Crippen LogP contribution in [0.1, 0.15) is 19.0 Å². The van der Waals surface area contributed by atoms with Gasteiger partial charge in [-0.05, 0) is 42.8 Å². The molecule has 0 amide bonds. The Morgan fingerprint density at radius 1 is 1.00 bits per heavy atom. The van der Waals surface area contributed by atoms with Crippen molar-refractivity contribution < 1.29 is 4.74 Å². The second-order valence-corrected chi connectivity index (χ2v) is 7.56. The molecule has 0 bridgehead atoms. The highest BCUT2D eigenvalue weighted by atomic mass is 35.5. The van der Waals surface area contributed by atoms with Crippen LogP contribution in [0.5, 0.6) is 0 Å². The topological polar surface area (TPSA) is 112 Å². The van der Waals surface area contributed by atoms with Crippen molar-refractivity contribution in [3.05, 3.63) is 65.3 Å². The van der Waals surface area contributed by atoms with Crippen LogP contribution in [0.4, 0.5) is 23.1 Å². The van der Waals surface area contributed by atoms with Crippen LogP contribution in [0.2, 0.25) is 5.02 Å². The van der Waals surface area contributed by atoms with Gasteiger partial charge in [-0.15, -0.1) is 0 Å². The molecule has 0 aliphatic rings. The lowest BCUT2D eigenvalue weighted by Crippen LogP contribution is -2.05. The third-order valence-electron chi connectivity index (χ3n) is 4.63. The Labute approximate surface area is 185 Å². The summed E-state index contributed by atoms with van der Waals surface area (Å²) < 4.78 is 5.55. The van der Waals surface area contributed by atoms with Crippen molar-refractivity contribution in [2.45, 2.75) is 20.0 Å². The quantitative estimate of drug-likeness (QED) is 0.343. The Kier molecular flexibility index (Phi) is 6.16. The molecule has 2 aromatic heterocycles. The Morgan fingerprint density at radius 2 is 1.87 bits per heavy atom. The average molecular weight is 435 g/mol. The molecule has 2 heterocycles. The first kappa shape index (κ1) is 20.8. The van der Waals surface area contributed by atoms with Gasteiger partial charge in [0.2, 0.25) is 5.95 Å². The molecule has 0 unspecified atom stereocenters. The van der Waals surface area contributed by atoms with E-state index in [0.29, 0.717) is 29.7 Å². The summed E-state index contributed by atoms with van der Waals surface area (Å²) in [7, 11) is 0. The lowest BCUT2D eigenvalue weighted by atomic mass is 10.1. The molecule has 8 heteroatoms. The van der Waals surface area contributed by atoms with Crippen molar-refractivity contribution in [2.75, 3.05) is 23.4 Å². The molecule has 0 saturated heterocycles. The maximum atomic E-state index is 6.35. The number of hydrogen-bond acceptors (Lipinski definition) is 7. The van der Waals surface area contributed by atoms with Crippen LogP contribution in [0.25, 0.3) is 22.2 Å². The Morgan fingerprint density at radius 3 is 2.68 bits per heavy atom. The smallest absolute Gasteiger partial charge is 0.222 e. The number of ether oxygens (including phenoxy) is 1. The summed E-state index contributed by atoms with van der Waals surface area (Å²) in [5, 5.41) is 4.75. The number of nitrogens with one attached hydrogen (secondary N) is 1. The van der Waals surface area contributed by atoms with Gasteiger partial charge in [-0.25, -0.2) is 9.97 Å². The van der Waals surface area contributed by atoms with Gasteiger partial charge in [-0.1, -0.05) is 30.7 Å². The van der Waals surface area contributed by atoms with Crippen LogP contribution in [-0.2, 0) is 11.3 Å². The highest BCUT2D eigenvalue weighted by Crippen LogP contribution is 2.30. The lowest BCUT2D eigenvalue weighted by molar-refractivity contribution is 0.119. The number of pyridine rings is 1. The van der Waals surface area contributed by atoms with Crippen molar-refractivity contribution in [2.24, 2.45) is 0 Å². The van der Waals surface area contributed by atoms with E-state index >= 15 is 0 Å². The summed E-state index contributed by atoms with van der Waals surface area (Å²) in [5.74, 6) is 0.775. The van der Waals surface area contributed by atoms with Gasteiger partial charge in [-0.3, -0.25) is 0 Å². The molecule has 0 saturated carbocycles. The largest absolute Gasteiger partial charge is 0.398 e. The number of hydrogen-bond donors (Lipinski definition) is 3. The fourth-order valence-electron chi connectivity index (χ4n) is 3.25. The number of fused-ring (bicyclic) bond motifs is 1. The van der Waals surface area contributed by atoms with Crippen LogP contribution in [0.15, 0.2) is 54.6 Å². The highest BCUT2D eigenvalue weighted by molar-refractivity contribution is 6.30. The van der Waals surface area contributed by atoms with Gasteiger partial charge in [0.15, 0.2) is 0 Å². The number of halogens is 1. The van der Waals surface area contributed by atoms with Crippen molar-refractivity contribution in [1.29, 1.82) is 0 Å². The number of nitrogens with two attached hydrogens (primary N) is 2. The second kappa shape index (κ2) is 9.16. The first-order chi connectivity index (χ1) is 15.0. The van der Waals surface area contributed by atoms with Gasteiger partial charge in [0.25, 0.3) is 0 Å². The first-order valence-electron chi connectivity index (χ1n) is 9.96. The van der Waals surface area contributed by atoms with Crippen LogP contribution in [0, 0.1) is 0 Å². The third kappa shape index (κ3) is 5.02. The molecule has 0 atom stereocenters. The van der Waals surface area contributed by atoms with E-state index in [1.54, 1.807) is 0 Å². The van der Waals surface area contributed by atoms with Crippen molar-refractivity contribution in [3.63, 3.8) is 0 Å². The van der Waals surface area contributed by atoms with Gasteiger partial charge in [-0.2, -0.15) is 4.98 Å². The van der Waals surface area contributed by atoms with Crippen LogP contribution in [0.3, 0.4) is 0 Å². The lowest BCUT2D eigenvalue weighted by Gasteiger charge is -2.11. The molecule has 7 nitrogen and oxygen atoms in total. The molecule has 0 aliphatic carbocycles. The molecule has 4 rings (SSSR count). The number of anilines is 4. The zero-order valence-corrected chi connectivity index (χ0v) is 17.9. The highest BCUT2D eigenvalue weighted by Gasteiger charge is 2.09. The molecule has 0 spiro atoms. The number of rotatable bonds is 7. The van der Waals surface area contributed by atoms with Crippen LogP contribution in [-0.4, -0.2) is 21.6 Å². The van der Waals surface area contributed by atoms with Gasteiger partial charge in [0.1, 0.15) is 5.82 Å². The summed E-state index contributed by atoms with van der Waals surface area (Å²) in [6.07, 6.45) is 0.942. The van der Waals surface area contributed by atoms with E-state index in [2.05, 4.69) is 22.2 Å². The van der Waals surface area contributed by atoms with Gasteiger partial charge < -0.3 is 21.5 Å². The molecule has 0 aliphatic heterocycles. The maximum Gasteiger partial charge on any atom is 0.222 e. The molecule has 0 fully saturated rings. The standard InChI is InChI=1S/C23H23ClN6O/c1-2-8-31-13-17-11-22(30-23(26)28-17)27-16-6-7-20-18(10-16)19(25)12-21(29-20)14-4-3-5-15(24)9-14/h3-7,9-12H,2,8,13H2,1H3,(H2,25,29)(H3,26,27,28,30). The van der Waals surface area contributed by atoms with E-state index < -0.39 is 0 Å². The normalized spacial score (nSPS) is 11.0. The maximum absolute atomic E-state index is 6.35. The van der Waals surface area contributed by atoms with E-state index in [-0.39, 0.29) is 5.95 Å². The molecular weight excluding hydrogens is 412 g/mol. The van der Waals surface area contributed by atoms with Crippen LogP contribution >= 0.6 is 11.6 Å². The molecule has 158 valence electrons. The zero-order valence-electron chi connectivity index (χ0n) is 17.1. The van der Waals surface area contributed by atoms with E-state index in [1.165, 1.54) is 0 Å². The second-order valence-electron chi connectivity index (χ2n) is 7.12. The van der Waals surface area contributed by atoms with Crippen molar-refractivity contribution in [3.8, 4) is 11.3 Å². The summed E-state index contributed by atoms with van der Waals surface area (Å²) in [5.41, 5.74) is 16.8. The van der Waals surface area contributed by atoms with E-state index in [9.17, 15) is 0 Å². The molecule has 0 radical (unpaired) electrons. The number of aromatic nitrogens is 3. The number of nitrogen functional groups attached to an aromatic ring is 2. The predicted molar refractivity (Wildman–Crippen MR) is 126 cm³/mol. The zero-order chi connectivity index (χ0) is 21.8. The summed E-state index contributed by atoms with van der Waals surface area (Å²) >= 11 is 6.11. The monoisotopic (exact) mass is 434 g/mol. The van der Waals surface area contributed by atoms with E-state index in [0.717, 1.165) is 40.0 Å². The summed E-state index contributed by atoms with van der Waals surface area (Å²) in [6.45, 7) is 3.11. The van der Waals surface area contributed by atoms with Crippen LogP contribution < -0.4 is 16.8 Å². The summed E-state index contributed by atoms with van der Waals surface area (Å²) in [4.78, 5) is 13.2. The average Bonchev–Trinajstić information content (AvgIpc) is 2.74. The van der Waals surface area contributed by atoms with E-state index in [4.69, 9.17) is 32.8 Å². The van der Waals surface area contributed by atoms with Crippen molar-refractivity contribution in [1.82, 2.24) is 15.0 Å². The molecule has 31 heavy (non-hydrogen) atoms. The summed E-state index contributed by atoms with van der Waals surface area (Å²) in [6, 6.07) is 17.0. The Hall–Kier alpha value is -3.42. The molecule has 5 N–H and O–H groups in total. The van der Waals surface area contributed by atoms with Crippen molar-refractivity contribution >= 4 is 45.6 Å². The fourth-order valence-corrected chi connectivity index (χ4v) is 3.44. The molecule has 2 aromatic carbocycles. The number of nitrogens with zero attached hydrogens (tertiary/aromatic N) is 3. The van der Waals surface area contributed by atoms with Gasteiger partial charge in [0, 0.05) is 40.0 Å².